The van der Waals surface area contributed by atoms with Crippen LogP contribution in [0.3, 0.4) is 0 Å². The van der Waals surface area contributed by atoms with Crippen molar-refractivity contribution in [2.24, 2.45) is 0 Å². The Labute approximate surface area is 177 Å². The number of hydrogen-bond acceptors (Lipinski definition) is 5. The number of benzene rings is 2. The Kier molecular flexibility index (Phi) is 7.45. The molecule has 0 unspecified atom stereocenters. The Balaban J connectivity index is 1.75. The molecule has 6 heteroatoms. The zero-order chi connectivity index (χ0) is 20.8. The van der Waals surface area contributed by atoms with Gasteiger partial charge in [-0.25, -0.2) is 0 Å². The summed E-state index contributed by atoms with van der Waals surface area (Å²) >= 11 is 1.83. The van der Waals surface area contributed by atoms with Crippen LogP contribution in [0.15, 0.2) is 53.4 Å². The number of hydrogen-bond donors (Lipinski definition) is 1. The number of methoxy groups -OCH3 is 2. The van der Waals surface area contributed by atoms with E-state index in [2.05, 4.69) is 28.4 Å². The van der Waals surface area contributed by atoms with Crippen LogP contribution in [0.1, 0.15) is 25.8 Å². The summed E-state index contributed by atoms with van der Waals surface area (Å²) in [4.78, 5) is 16.3. The van der Waals surface area contributed by atoms with Gasteiger partial charge in [0.1, 0.15) is 11.5 Å². The van der Waals surface area contributed by atoms with Crippen LogP contribution >= 0.6 is 11.8 Å². The van der Waals surface area contributed by atoms with Crippen molar-refractivity contribution in [3.63, 3.8) is 0 Å². The molecule has 2 aromatic carbocycles. The third-order valence-corrected chi connectivity index (χ3v) is 6.25. The lowest BCUT2D eigenvalue weighted by molar-refractivity contribution is -0.126. The van der Waals surface area contributed by atoms with E-state index >= 15 is 0 Å². The summed E-state index contributed by atoms with van der Waals surface area (Å²) < 4.78 is 10.8. The Morgan fingerprint density at radius 3 is 2.52 bits per heavy atom. The number of nitrogens with one attached hydrogen (secondary N) is 1. The number of amides is 1. The van der Waals surface area contributed by atoms with E-state index in [9.17, 15) is 4.79 Å². The second-order valence-corrected chi connectivity index (χ2v) is 8.95. The first kappa shape index (κ1) is 21.5. The summed E-state index contributed by atoms with van der Waals surface area (Å²) in [5.74, 6) is 1.82. The minimum Gasteiger partial charge on any atom is -0.497 e. The molecule has 3 rings (SSSR count). The smallest absolute Gasteiger partial charge is 0.237 e. The Hall–Kier alpha value is -2.18. The SMILES string of the molecule is COc1ccc(S[C@@H]2C[C@@H](C(=O)NC(C)C)N(Cc3ccccc3OC)C2)cc1. The summed E-state index contributed by atoms with van der Waals surface area (Å²) in [6.45, 7) is 5.55. The molecule has 0 bridgehead atoms. The van der Waals surface area contributed by atoms with E-state index < -0.39 is 0 Å². The average Bonchev–Trinajstić information content (AvgIpc) is 3.11. The predicted octanol–water partition coefficient (Wildman–Crippen LogP) is 3.96. The van der Waals surface area contributed by atoms with Crippen molar-refractivity contribution in [1.82, 2.24) is 10.2 Å². The van der Waals surface area contributed by atoms with Crippen molar-refractivity contribution in [2.45, 2.75) is 49.0 Å². The number of rotatable bonds is 8. The zero-order valence-corrected chi connectivity index (χ0v) is 18.4. The molecule has 5 nitrogen and oxygen atoms in total. The van der Waals surface area contributed by atoms with Crippen molar-refractivity contribution in [3.8, 4) is 11.5 Å². The number of likely N-dealkylation sites (tertiary alicyclic amines) is 1. The van der Waals surface area contributed by atoms with E-state index in [1.165, 1.54) is 4.90 Å². The molecule has 1 aliphatic rings. The summed E-state index contributed by atoms with van der Waals surface area (Å²) in [6, 6.07) is 16.1. The normalized spacial score (nSPS) is 19.3. The van der Waals surface area contributed by atoms with Gasteiger partial charge >= 0.3 is 0 Å². The molecule has 0 spiro atoms. The van der Waals surface area contributed by atoms with Crippen LogP contribution in [-0.4, -0.2) is 48.9 Å². The molecule has 0 aromatic heterocycles. The Morgan fingerprint density at radius 1 is 1.14 bits per heavy atom. The first-order chi connectivity index (χ1) is 14.0. The van der Waals surface area contributed by atoms with E-state index in [1.807, 2.05) is 55.9 Å². The summed E-state index contributed by atoms with van der Waals surface area (Å²) in [5.41, 5.74) is 1.10. The van der Waals surface area contributed by atoms with Gasteiger partial charge in [0.15, 0.2) is 0 Å². The second kappa shape index (κ2) is 10.0. The van der Waals surface area contributed by atoms with Gasteiger partial charge in [0.05, 0.1) is 20.3 Å². The largest absolute Gasteiger partial charge is 0.497 e. The lowest BCUT2D eigenvalue weighted by atomic mass is 10.1. The Morgan fingerprint density at radius 2 is 1.86 bits per heavy atom. The van der Waals surface area contributed by atoms with Crippen molar-refractivity contribution >= 4 is 17.7 Å². The van der Waals surface area contributed by atoms with E-state index in [4.69, 9.17) is 9.47 Å². The molecular weight excluding hydrogens is 384 g/mol. The summed E-state index contributed by atoms with van der Waals surface area (Å²) in [6.07, 6.45) is 0.824. The van der Waals surface area contributed by atoms with Gasteiger partial charge in [0.2, 0.25) is 5.91 Å². The third-order valence-electron chi connectivity index (χ3n) is 5.03. The predicted molar refractivity (Wildman–Crippen MR) is 118 cm³/mol. The van der Waals surface area contributed by atoms with Gasteiger partial charge in [-0.2, -0.15) is 0 Å². The van der Waals surface area contributed by atoms with Crippen molar-refractivity contribution < 1.29 is 14.3 Å². The van der Waals surface area contributed by atoms with Gasteiger partial charge in [-0.3, -0.25) is 9.69 Å². The number of para-hydroxylation sites is 1. The molecule has 0 radical (unpaired) electrons. The fourth-order valence-electron chi connectivity index (χ4n) is 3.67. The lowest BCUT2D eigenvalue weighted by Crippen LogP contribution is -2.45. The topological polar surface area (TPSA) is 50.8 Å². The molecule has 2 atom stereocenters. The molecule has 1 N–H and O–H groups in total. The van der Waals surface area contributed by atoms with Gasteiger partial charge < -0.3 is 14.8 Å². The van der Waals surface area contributed by atoms with Gasteiger partial charge in [0, 0.05) is 34.8 Å². The molecule has 0 aliphatic carbocycles. The maximum atomic E-state index is 12.9. The summed E-state index contributed by atoms with van der Waals surface area (Å²) in [5, 5.41) is 3.44. The molecule has 29 heavy (non-hydrogen) atoms. The standard InChI is InChI=1S/C23H30N2O3S/c1-16(2)24-23(26)21-13-20(29-19-11-9-18(27-3)10-12-19)15-25(21)14-17-7-5-6-8-22(17)28-4/h5-12,16,20-21H,13-15H2,1-4H3,(H,24,26)/t20-,21+/m1/s1. The van der Waals surface area contributed by atoms with Crippen molar-refractivity contribution in [2.75, 3.05) is 20.8 Å². The fourth-order valence-corrected chi connectivity index (χ4v) is 4.90. The highest BCUT2D eigenvalue weighted by Crippen LogP contribution is 2.35. The van der Waals surface area contributed by atoms with Crippen LogP contribution in [-0.2, 0) is 11.3 Å². The number of nitrogens with zero attached hydrogens (tertiary/aromatic N) is 1. The minimum absolute atomic E-state index is 0.104. The van der Waals surface area contributed by atoms with Gasteiger partial charge in [-0.1, -0.05) is 18.2 Å². The molecule has 2 aromatic rings. The molecule has 1 aliphatic heterocycles. The lowest BCUT2D eigenvalue weighted by Gasteiger charge is -2.25. The maximum Gasteiger partial charge on any atom is 0.237 e. The monoisotopic (exact) mass is 414 g/mol. The van der Waals surface area contributed by atoms with E-state index in [1.54, 1.807) is 14.2 Å². The van der Waals surface area contributed by atoms with Crippen LogP contribution in [0.25, 0.3) is 0 Å². The first-order valence-corrected chi connectivity index (χ1v) is 10.8. The zero-order valence-electron chi connectivity index (χ0n) is 17.6. The van der Waals surface area contributed by atoms with Gasteiger partial charge in [-0.05, 0) is 50.6 Å². The molecule has 1 saturated heterocycles. The first-order valence-electron chi connectivity index (χ1n) is 9.97. The molecule has 1 amide bonds. The van der Waals surface area contributed by atoms with Crippen LogP contribution in [0.2, 0.25) is 0 Å². The molecule has 1 fully saturated rings. The molecular formula is C23H30N2O3S. The highest BCUT2D eigenvalue weighted by Gasteiger charge is 2.37. The van der Waals surface area contributed by atoms with E-state index in [0.29, 0.717) is 11.8 Å². The molecule has 1 heterocycles. The van der Waals surface area contributed by atoms with Crippen molar-refractivity contribution in [3.05, 3.63) is 54.1 Å². The van der Waals surface area contributed by atoms with Crippen LogP contribution in [0.5, 0.6) is 11.5 Å². The molecule has 0 saturated carbocycles. The maximum absolute atomic E-state index is 12.9. The highest BCUT2D eigenvalue weighted by atomic mass is 32.2. The highest BCUT2D eigenvalue weighted by molar-refractivity contribution is 8.00. The number of carbonyl (C=O) groups is 1. The van der Waals surface area contributed by atoms with Gasteiger partial charge in [-0.15, -0.1) is 11.8 Å². The quantitative estimate of drug-likeness (QED) is 0.709. The minimum atomic E-state index is -0.141. The number of ether oxygens (including phenoxy) is 2. The van der Waals surface area contributed by atoms with Gasteiger partial charge in [0.25, 0.3) is 0 Å². The molecule has 156 valence electrons. The second-order valence-electron chi connectivity index (χ2n) is 7.57. The average molecular weight is 415 g/mol. The van der Waals surface area contributed by atoms with E-state index in [-0.39, 0.29) is 18.0 Å². The fraction of sp³-hybridized carbons (Fsp3) is 0.435. The number of thioether (sulfide) groups is 1. The summed E-state index contributed by atoms with van der Waals surface area (Å²) in [7, 11) is 3.36. The van der Waals surface area contributed by atoms with Crippen molar-refractivity contribution in [1.29, 1.82) is 0 Å². The van der Waals surface area contributed by atoms with Crippen LogP contribution < -0.4 is 14.8 Å². The Bertz CT molecular complexity index is 810. The van der Waals surface area contributed by atoms with Crippen LogP contribution in [0.4, 0.5) is 0 Å². The van der Waals surface area contributed by atoms with E-state index in [0.717, 1.165) is 30.0 Å². The van der Waals surface area contributed by atoms with Crippen LogP contribution in [0, 0.1) is 0 Å². The third kappa shape index (κ3) is 5.67. The number of carbonyl (C=O) groups excluding carboxylic acids is 1.